The molecule has 1 saturated heterocycles. The minimum atomic E-state index is 0.0812. The van der Waals surface area contributed by atoms with E-state index < -0.39 is 0 Å². The molecule has 1 unspecified atom stereocenters. The van der Waals surface area contributed by atoms with Crippen molar-refractivity contribution < 1.29 is 9.53 Å². The number of nitrogens with zero attached hydrogens (tertiary/aromatic N) is 1. The summed E-state index contributed by atoms with van der Waals surface area (Å²) < 4.78 is 5.12. The number of ether oxygens (including phenoxy) is 1. The van der Waals surface area contributed by atoms with Crippen LogP contribution >= 0.6 is 0 Å². The van der Waals surface area contributed by atoms with E-state index in [0.717, 1.165) is 31.0 Å². The maximum absolute atomic E-state index is 12.1. The van der Waals surface area contributed by atoms with Crippen LogP contribution < -0.4 is 10.6 Å². The van der Waals surface area contributed by atoms with Gasteiger partial charge in [0.1, 0.15) is 0 Å². The maximum atomic E-state index is 12.1. The normalized spacial score (nSPS) is 16.8. The Morgan fingerprint density at radius 3 is 2.74 bits per heavy atom. The van der Waals surface area contributed by atoms with E-state index in [1.807, 2.05) is 24.3 Å². The van der Waals surface area contributed by atoms with Crippen molar-refractivity contribution in [2.75, 3.05) is 44.0 Å². The van der Waals surface area contributed by atoms with Crippen LogP contribution in [0.25, 0.3) is 0 Å². The molecule has 0 aromatic heterocycles. The molecule has 5 nitrogen and oxygen atoms in total. The van der Waals surface area contributed by atoms with Gasteiger partial charge in [0, 0.05) is 37.5 Å². The first-order valence-corrected chi connectivity index (χ1v) is 8.55. The number of likely N-dealkylation sites (tertiary alicyclic amines) is 1. The van der Waals surface area contributed by atoms with Crippen LogP contribution in [0.3, 0.4) is 0 Å². The Hall–Kier alpha value is -1.59. The molecule has 0 bridgehead atoms. The lowest BCUT2D eigenvalue weighted by Gasteiger charge is -2.25. The summed E-state index contributed by atoms with van der Waals surface area (Å²) in [6.45, 7) is 5.82. The number of anilines is 2. The van der Waals surface area contributed by atoms with Crippen molar-refractivity contribution in [1.29, 1.82) is 0 Å². The summed E-state index contributed by atoms with van der Waals surface area (Å²) in [5.74, 6) is 0.0812. The number of amides is 1. The van der Waals surface area contributed by atoms with E-state index in [4.69, 9.17) is 4.74 Å². The van der Waals surface area contributed by atoms with Gasteiger partial charge >= 0.3 is 0 Å². The fraction of sp³-hybridized carbons (Fsp3) is 0.611. The van der Waals surface area contributed by atoms with Gasteiger partial charge in [-0.3, -0.25) is 4.79 Å². The van der Waals surface area contributed by atoms with E-state index in [9.17, 15) is 4.79 Å². The Bertz CT molecular complexity index is 487. The van der Waals surface area contributed by atoms with Crippen LogP contribution in [0.4, 0.5) is 11.4 Å². The summed E-state index contributed by atoms with van der Waals surface area (Å²) >= 11 is 0. The Morgan fingerprint density at radius 1 is 1.26 bits per heavy atom. The van der Waals surface area contributed by atoms with Crippen LogP contribution in [0, 0.1) is 0 Å². The fourth-order valence-electron chi connectivity index (χ4n) is 2.93. The second-order valence-corrected chi connectivity index (χ2v) is 6.28. The van der Waals surface area contributed by atoms with Gasteiger partial charge in [0.2, 0.25) is 5.91 Å². The highest BCUT2D eigenvalue weighted by molar-refractivity contribution is 5.91. The van der Waals surface area contributed by atoms with Crippen molar-refractivity contribution in [3.8, 4) is 0 Å². The van der Waals surface area contributed by atoms with Crippen molar-refractivity contribution in [2.24, 2.45) is 0 Å². The monoisotopic (exact) mass is 319 g/mol. The second kappa shape index (κ2) is 9.53. The molecule has 23 heavy (non-hydrogen) atoms. The maximum Gasteiger partial charge on any atom is 0.225 e. The zero-order valence-electron chi connectivity index (χ0n) is 14.3. The van der Waals surface area contributed by atoms with Crippen molar-refractivity contribution >= 4 is 17.3 Å². The van der Waals surface area contributed by atoms with E-state index >= 15 is 0 Å². The number of benzene rings is 1. The quantitative estimate of drug-likeness (QED) is 0.773. The predicted octanol–water partition coefficient (Wildman–Crippen LogP) is 2.95. The standard InChI is InChI=1S/C18H29N3O2/c1-15(14-23-2)19-16-7-6-8-17(13-16)20-18(22)9-12-21-10-4-3-5-11-21/h6-8,13,15,19H,3-5,9-12,14H2,1-2H3,(H,20,22). The fourth-order valence-corrected chi connectivity index (χ4v) is 2.93. The summed E-state index contributed by atoms with van der Waals surface area (Å²) in [6, 6.07) is 8.05. The van der Waals surface area contributed by atoms with Gasteiger partial charge in [-0.1, -0.05) is 12.5 Å². The molecule has 1 aliphatic rings. The number of carbonyl (C=O) groups excluding carboxylic acids is 1. The summed E-state index contributed by atoms with van der Waals surface area (Å²) in [5, 5.41) is 6.35. The van der Waals surface area contributed by atoms with Gasteiger partial charge in [0.15, 0.2) is 0 Å². The van der Waals surface area contributed by atoms with Crippen LogP contribution in [0.1, 0.15) is 32.6 Å². The average molecular weight is 319 g/mol. The van der Waals surface area contributed by atoms with Gasteiger partial charge in [0.25, 0.3) is 0 Å². The summed E-state index contributed by atoms with van der Waals surface area (Å²) in [7, 11) is 1.69. The van der Waals surface area contributed by atoms with Crippen LogP contribution in [0.5, 0.6) is 0 Å². The first-order valence-electron chi connectivity index (χ1n) is 8.55. The highest BCUT2D eigenvalue weighted by Gasteiger charge is 2.12. The minimum absolute atomic E-state index is 0.0812. The number of hydrogen-bond donors (Lipinski definition) is 2. The Kier molecular flexibility index (Phi) is 7.36. The molecule has 0 radical (unpaired) electrons. The molecule has 0 spiro atoms. The van der Waals surface area contributed by atoms with Crippen molar-refractivity contribution in [3.63, 3.8) is 0 Å². The molecule has 1 heterocycles. The zero-order valence-corrected chi connectivity index (χ0v) is 14.3. The van der Waals surface area contributed by atoms with Crippen molar-refractivity contribution in [1.82, 2.24) is 4.90 Å². The van der Waals surface area contributed by atoms with E-state index in [0.29, 0.717) is 13.0 Å². The topological polar surface area (TPSA) is 53.6 Å². The van der Waals surface area contributed by atoms with Gasteiger partial charge in [-0.15, -0.1) is 0 Å². The molecule has 1 atom stereocenters. The third-order valence-corrected chi connectivity index (χ3v) is 4.08. The highest BCUT2D eigenvalue weighted by Crippen LogP contribution is 2.16. The van der Waals surface area contributed by atoms with E-state index in [2.05, 4.69) is 22.5 Å². The predicted molar refractivity (Wildman–Crippen MR) is 94.9 cm³/mol. The number of methoxy groups -OCH3 is 1. The Labute approximate surface area is 139 Å². The molecule has 2 N–H and O–H groups in total. The first-order chi connectivity index (χ1) is 11.2. The van der Waals surface area contributed by atoms with E-state index in [-0.39, 0.29) is 11.9 Å². The second-order valence-electron chi connectivity index (χ2n) is 6.28. The molecule has 2 rings (SSSR count). The molecule has 0 aliphatic carbocycles. The summed E-state index contributed by atoms with van der Waals surface area (Å²) in [6.07, 6.45) is 4.39. The summed E-state index contributed by atoms with van der Waals surface area (Å²) in [4.78, 5) is 14.5. The van der Waals surface area contributed by atoms with Gasteiger partial charge in [-0.25, -0.2) is 0 Å². The average Bonchev–Trinajstić information content (AvgIpc) is 2.54. The largest absolute Gasteiger partial charge is 0.383 e. The first kappa shape index (κ1) is 17.8. The molecule has 0 saturated carbocycles. The van der Waals surface area contributed by atoms with Crippen LogP contribution in [-0.2, 0) is 9.53 Å². The number of rotatable bonds is 8. The number of carbonyl (C=O) groups is 1. The van der Waals surface area contributed by atoms with Gasteiger partial charge in [-0.05, 0) is 51.1 Å². The zero-order chi connectivity index (χ0) is 16.5. The molecule has 1 fully saturated rings. The third-order valence-electron chi connectivity index (χ3n) is 4.08. The van der Waals surface area contributed by atoms with E-state index in [1.165, 1.54) is 19.3 Å². The van der Waals surface area contributed by atoms with Crippen LogP contribution in [0.2, 0.25) is 0 Å². The smallest absolute Gasteiger partial charge is 0.225 e. The van der Waals surface area contributed by atoms with Crippen LogP contribution in [-0.4, -0.2) is 50.2 Å². The molecule has 1 aromatic rings. The molecule has 1 amide bonds. The molecule has 128 valence electrons. The number of nitrogens with one attached hydrogen (secondary N) is 2. The van der Waals surface area contributed by atoms with E-state index in [1.54, 1.807) is 7.11 Å². The molecular weight excluding hydrogens is 290 g/mol. The number of piperidine rings is 1. The Balaban J connectivity index is 1.78. The lowest BCUT2D eigenvalue weighted by atomic mass is 10.1. The number of hydrogen-bond acceptors (Lipinski definition) is 4. The van der Waals surface area contributed by atoms with Crippen LogP contribution in [0.15, 0.2) is 24.3 Å². The van der Waals surface area contributed by atoms with Crippen molar-refractivity contribution in [2.45, 2.75) is 38.6 Å². The van der Waals surface area contributed by atoms with Gasteiger partial charge in [0.05, 0.1) is 6.61 Å². The SMILES string of the molecule is COCC(C)Nc1cccc(NC(=O)CCN2CCCCC2)c1. The molecule has 5 heteroatoms. The molecule has 1 aromatic carbocycles. The third kappa shape index (κ3) is 6.59. The summed E-state index contributed by atoms with van der Waals surface area (Å²) in [5.41, 5.74) is 1.83. The lowest BCUT2D eigenvalue weighted by molar-refractivity contribution is -0.116. The van der Waals surface area contributed by atoms with Gasteiger partial charge < -0.3 is 20.3 Å². The lowest BCUT2D eigenvalue weighted by Crippen LogP contribution is -2.32. The minimum Gasteiger partial charge on any atom is -0.383 e. The van der Waals surface area contributed by atoms with Gasteiger partial charge in [-0.2, -0.15) is 0 Å². The highest BCUT2D eigenvalue weighted by atomic mass is 16.5. The van der Waals surface area contributed by atoms with Crippen molar-refractivity contribution in [3.05, 3.63) is 24.3 Å². The molecular formula is C18H29N3O2. The molecule has 1 aliphatic heterocycles. The Morgan fingerprint density at radius 2 is 2.00 bits per heavy atom.